The summed E-state index contributed by atoms with van der Waals surface area (Å²) in [6.45, 7) is 3.37. The summed E-state index contributed by atoms with van der Waals surface area (Å²) in [6, 6.07) is 0. The fraction of sp³-hybridized carbons (Fsp3) is 0.500. The topological polar surface area (TPSA) is 104 Å². The Kier molecular flexibility index (Phi) is 4.08. The number of aromatic nitrogens is 2. The second-order valence-corrected chi connectivity index (χ2v) is 3.55. The Bertz CT molecular complexity index is 529. The molecule has 0 unspecified atom stereocenters. The molecule has 0 saturated heterocycles. The smallest absolute Gasteiger partial charge is 0.331 e. The zero-order valence-corrected chi connectivity index (χ0v) is 9.74. The second kappa shape index (κ2) is 5.33. The van der Waals surface area contributed by atoms with Crippen molar-refractivity contribution in [1.82, 2.24) is 14.9 Å². The second-order valence-electron chi connectivity index (χ2n) is 3.55. The van der Waals surface area contributed by atoms with Crippen molar-refractivity contribution >= 4 is 5.91 Å². The fourth-order valence-corrected chi connectivity index (χ4v) is 1.47. The zero-order chi connectivity index (χ0) is 13.0. The van der Waals surface area contributed by atoms with Crippen LogP contribution in [-0.2, 0) is 17.8 Å². The summed E-state index contributed by atoms with van der Waals surface area (Å²) < 4.78 is 1.02. The van der Waals surface area contributed by atoms with Crippen LogP contribution in [0.25, 0.3) is 0 Å². The molecule has 0 saturated carbocycles. The van der Waals surface area contributed by atoms with Crippen molar-refractivity contribution in [2.45, 2.75) is 26.8 Å². The molecule has 1 rings (SSSR count). The van der Waals surface area contributed by atoms with Gasteiger partial charge in [-0.2, -0.15) is 0 Å². The van der Waals surface area contributed by atoms with Crippen molar-refractivity contribution in [3.63, 3.8) is 0 Å². The maximum atomic E-state index is 11.4. The average Bonchev–Trinajstić information content (AvgIpc) is 2.22. The van der Waals surface area contributed by atoms with Gasteiger partial charge in [-0.25, -0.2) is 4.79 Å². The Morgan fingerprint density at radius 2 is 2.12 bits per heavy atom. The number of hydrogen-bond donors (Lipinski definition) is 3. The van der Waals surface area contributed by atoms with Crippen LogP contribution in [0.1, 0.15) is 19.4 Å². The van der Waals surface area contributed by atoms with E-state index in [1.165, 1.54) is 6.92 Å². The molecule has 1 heterocycles. The molecular formula is C10H15N3O4. The number of amides is 1. The summed E-state index contributed by atoms with van der Waals surface area (Å²) in [7, 11) is 0. The van der Waals surface area contributed by atoms with Crippen LogP contribution in [-0.4, -0.2) is 27.1 Å². The van der Waals surface area contributed by atoms with Gasteiger partial charge in [0.25, 0.3) is 5.56 Å². The van der Waals surface area contributed by atoms with Crippen molar-refractivity contribution in [2.75, 3.05) is 6.54 Å². The molecule has 17 heavy (non-hydrogen) atoms. The molecule has 1 aromatic rings. The molecule has 0 radical (unpaired) electrons. The summed E-state index contributed by atoms with van der Waals surface area (Å²) >= 11 is 0. The van der Waals surface area contributed by atoms with Gasteiger partial charge in [0, 0.05) is 20.0 Å². The molecule has 1 amide bonds. The minimum absolute atomic E-state index is 0.105. The van der Waals surface area contributed by atoms with E-state index in [0.29, 0.717) is 6.42 Å². The maximum Gasteiger partial charge on any atom is 0.331 e. The van der Waals surface area contributed by atoms with Crippen LogP contribution in [0.3, 0.4) is 0 Å². The molecule has 94 valence electrons. The Morgan fingerprint density at radius 1 is 1.47 bits per heavy atom. The first-order chi connectivity index (χ1) is 7.97. The molecular weight excluding hydrogens is 226 g/mol. The lowest BCUT2D eigenvalue weighted by molar-refractivity contribution is -0.119. The van der Waals surface area contributed by atoms with Gasteiger partial charge in [-0.1, -0.05) is 6.92 Å². The molecule has 7 nitrogen and oxygen atoms in total. The normalized spacial score (nSPS) is 10.2. The van der Waals surface area contributed by atoms with Gasteiger partial charge in [0.1, 0.15) is 0 Å². The molecule has 1 aromatic heterocycles. The van der Waals surface area contributed by atoms with Gasteiger partial charge in [0.2, 0.25) is 11.8 Å². The molecule has 0 atom stereocenters. The van der Waals surface area contributed by atoms with E-state index in [-0.39, 0.29) is 30.4 Å². The van der Waals surface area contributed by atoms with Gasteiger partial charge >= 0.3 is 5.69 Å². The van der Waals surface area contributed by atoms with Crippen molar-refractivity contribution in [1.29, 1.82) is 0 Å². The minimum atomic E-state index is -0.685. The Balaban J connectivity index is 3.03. The van der Waals surface area contributed by atoms with E-state index >= 15 is 0 Å². The van der Waals surface area contributed by atoms with Crippen LogP contribution in [0.5, 0.6) is 5.88 Å². The molecule has 3 N–H and O–H groups in total. The number of aromatic amines is 1. The average molecular weight is 241 g/mol. The lowest BCUT2D eigenvalue weighted by atomic mass is 10.2. The predicted molar refractivity (Wildman–Crippen MR) is 61.0 cm³/mol. The predicted octanol–water partition coefficient (Wildman–Crippen LogP) is -1.06. The van der Waals surface area contributed by atoms with E-state index in [0.717, 1.165) is 4.57 Å². The summed E-state index contributed by atoms with van der Waals surface area (Å²) in [5.74, 6) is -0.565. The maximum absolute atomic E-state index is 11.4. The molecule has 0 aliphatic carbocycles. The minimum Gasteiger partial charge on any atom is -0.494 e. The van der Waals surface area contributed by atoms with Crippen LogP contribution in [0.2, 0.25) is 0 Å². The molecule has 0 bridgehead atoms. The SMILES string of the molecule is CCc1c(O)n(CCNC(C)=O)c(=O)[nH]c1=O. The highest BCUT2D eigenvalue weighted by Gasteiger charge is 2.11. The van der Waals surface area contributed by atoms with Crippen LogP contribution >= 0.6 is 0 Å². The van der Waals surface area contributed by atoms with E-state index in [1.54, 1.807) is 6.92 Å². The van der Waals surface area contributed by atoms with Crippen molar-refractivity contribution in [3.8, 4) is 5.88 Å². The third kappa shape index (κ3) is 2.96. The Morgan fingerprint density at radius 3 is 2.65 bits per heavy atom. The van der Waals surface area contributed by atoms with Crippen molar-refractivity contribution in [2.24, 2.45) is 0 Å². The van der Waals surface area contributed by atoms with Crippen molar-refractivity contribution in [3.05, 3.63) is 26.4 Å². The highest BCUT2D eigenvalue weighted by molar-refractivity contribution is 5.72. The van der Waals surface area contributed by atoms with Gasteiger partial charge < -0.3 is 10.4 Å². The summed E-state index contributed by atoms with van der Waals surface area (Å²) in [6.07, 6.45) is 0.321. The summed E-state index contributed by atoms with van der Waals surface area (Å²) in [5.41, 5.74) is -1.10. The lowest BCUT2D eigenvalue weighted by Gasteiger charge is -2.10. The van der Waals surface area contributed by atoms with E-state index < -0.39 is 11.2 Å². The number of nitrogens with one attached hydrogen (secondary N) is 2. The van der Waals surface area contributed by atoms with Gasteiger partial charge in [-0.15, -0.1) is 0 Å². The molecule has 0 spiro atoms. The van der Waals surface area contributed by atoms with Gasteiger partial charge in [0.05, 0.1) is 5.56 Å². The number of rotatable bonds is 4. The number of carbonyl (C=O) groups is 1. The van der Waals surface area contributed by atoms with E-state index in [1.807, 2.05) is 0 Å². The first-order valence-corrected chi connectivity index (χ1v) is 5.26. The number of aromatic hydroxyl groups is 1. The monoisotopic (exact) mass is 241 g/mol. The Labute approximate surface area is 97.1 Å². The quantitative estimate of drug-likeness (QED) is 0.625. The van der Waals surface area contributed by atoms with E-state index in [2.05, 4.69) is 10.3 Å². The first-order valence-electron chi connectivity index (χ1n) is 5.26. The van der Waals surface area contributed by atoms with E-state index in [9.17, 15) is 19.5 Å². The number of hydrogen-bond acceptors (Lipinski definition) is 4. The van der Waals surface area contributed by atoms with Crippen LogP contribution < -0.4 is 16.6 Å². The number of H-pyrrole nitrogens is 1. The first kappa shape index (κ1) is 13.0. The Hall–Kier alpha value is -2.05. The molecule has 7 heteroatoms. The lowest BCUT2D eigenvalue weighted by Crippen LogP contribution is -2.35. The molecule has 0 aromatic carbocycles. The number of nitrogens with zero attached hydrogens (tertiary/aromatic N) is 1. The largest absolute Gasteiger partial charge is 0.494 e. The van der Waals surface area contributed by atoms with Crippen LogP contribution in [0.15, 0.2) is 9.59 Å². The third-order valence-electron chi connectivity index (χ3n) is 2.33. The highest BCUT2D eigenvalue weighted by atomic mass is 16.3. The van der Waals surface area contributed by atoms with Gasteiger partial charge in [-0.3, -0.25) is 19.1 Å². The molecule has 0 aliphatic heterocycles. The van der Waals surface area contributed by atoms with Gasteiger partial charge in [-0.05, 0) is 6.42 Å². The van der Waals surface area contributed by atoms with Gasteiger partial charge in [0.15, 0.2) is 0 Å². The number of carbonyl (C=O) groups excluding carboxylic acids is 1. The molecule has 0 fully saturated rings. The highest BCUT2D eigenvalue weighted by Crippen LogP contribution is 2.09. The van der Waals surface area contributed by atoms with E-state index in [4.69, 9.17) is 0 Å². The fourth-order valence-electron chi connectivity index (χ4n) is 1.47. The third-order valence-corrected chi connectivity index (χ3v) is 2.33. The summed E-state index contributed by atoms with van der Waals surface area (Å²) in [5, 5.41) is 12.2. The summed E-state index contributed by atoms with van der Waals surface area (Å²) in [4.78, 5) is 35.5. The van der Waals surface area contributed by atoms with Crippen LogP contribution in [0, 0.1) is 0 Å². The standard InChI is InChI=1S/C10H15N3O4/c1-3-7-8(15)12-10(17)13(9(7)16)5-4-11-6(2)14/h16H,3-5H2,1-2H3,(H,11,14)(H,12,15,17). The van der Waals surface area contributed by atoms with Crippen molar-refractivity contribution < 1.29 is 9.90 Å². The molecule has 0 aliphatic rings. The van der Waals surface area contributed by atoms with Crippen LogP contribution in [0.4, 0.5) is 0 Å². The zero-order valence-electron chi connectivity index (χ0n) is 9.74.